The van der Waals surface area contributed by atoms with Crippen LogP contribution in [0.4, 0.5) is 0 Å². The van der Waals surface area contributed by atoms with Gasteiger partial charge in [0.15, 0.2) is 6.10 Å². The SMILES string of the molecule is CC(OP(=O)(O)O)C(OP(=O)(O)O)[N+](=O)[O-]. The lowest BCUT2D eigenvalue weighted by atomic mass is 10.4. The molecule has 0 aliphatic rings. The Kier molecular flexibility index (Phi) is 5.17. The van der Waals surface area contributed by atoms with Crippen LogP contribution < -0.4 is 0 Å². The van der Waals surface area contributed by atoms with Crippen LogP contribution >= 0.6 is 15.6 Å². The summed E-state index contributed by atoms with van der Waals surface area (Å²) >= 11 is 0. The molecule has 0 heterocycles. The van der Waals surface area contributed by atoms with E-state index < -0.39 is 32.9 Å². The monoisotopic (exact) mass is 281 g/mol. The van der Waals surface area contributed by atoms with Crippen molar-refractivity contribution in [3.8, 4) is 0 Å². The second-order valence-corrected chi connectivity index (χ2v) is 4.96. The molecule has 4 N–H and O–H groups in total. The molecule has 96 valence electrons. The zero-order valence-electron chi connectivity index (χ0n) is 7.73. The highest BCUT2D eigenvalue weighted by Gasteiger charge is 2.39. The topological polar surface area (TPSA) is 177 Å². The van der Waals surface area contributed by atoms with E-state index in [9.17, 15) is 19.2 Å². The van der Waals surface area contributed by atoms with Crippen LogP contribution in [0.15, 0.2) is 0 Å². The van der Waals surface area contributed by atoms with E-state index in [-0.39, 0.29) is 0 Å². The van der Waals surface area contributed by atoms with Crippen LogP contribution in [-0.4, -0.2) is 36.8 Å². The molecule has 0 saturated heterocycles. The van der Waals surface area contributed by atoms with Crippen LogP contribution in [-0.2, 0) is 18.2 Å². The van der Waals surface area contributed by atoms with Gasteiger partial charge in [0.2, 0.25) is 0 Å². The number of nitro groups is 1. The summed E-state index contributed by atoms with van der Waals surface area (Å²) < 4.78 is 28.2. The first-order valence-electron chi connectivity index (χ1n) is 3.54. The highest BCUT2D eigenvalue weighted by atomic mass is 31.2. The van der Waals surface area contributed by atoms with Crippen molar-refractivity contribution in [2.45, 2.75) is 19.3 Å². The first kappa shape index (κ1) is 15.6. The number of rotatable bonds is 6. The number of hydrogen-bond acceptors (Lipinski definition) is 6. The molecule has 2 atom stereocenters. The molecule has 0 aromatic carbocycles. The van der Waals surface area contributed by atoms with Crippen LogP contribution in [0.3, 0.4) is 0 Å². The molecule has 16 heavy (non-hydrogen) atoms. The maximum atomic E-state index is 10.3. The van der Waals surface area contributed by atoms with Gasteiger partial charge in [0.05, 0.1) is 4.92 Å². The predicted octanol–water partition coefficient (Wildman–Crippen LogP) is -0.804. The van der Waals surface area contributed by atoms with E-state index in [4.69, 9.17) is 19.6 Å². The lowest BCUT2D eigenvalue weighted by molar-refractivity contribution is -0.574. The quantitative estimate of drug-likeness (QED) is 0.208. The Labute approximate surface area is 88.6 Å². The molecular formula is C3H9NO10P2. The second kappa shape index (κ2) is 5.30. The molecule has 0 fully saturated rings. The van der Waals surface area contributed by atoms with Gasteiger partial charge in [-0.3, -0.25) is 14.6 Å². The summed E-state index contributed by atoms with van der Waals surface area (Å²) in [5.41, 5.74) is 0. The smallest absolute Gasteiger partial charge is 0.303 e. The Morgan fingerprint density at radius 2 is 1.50 bits per heavy atom. The van der Waals surface area contributed by atoms with Crippen LogP contribution in [0.2, 0.25) is 0 Å². The first-order chi connectivity index (χ1) is 6.92. The Bertz CT molecular complexity index is 342. The highest BCUT2D eigenvalue weighted by molar-refractivity contribution is 7.46. The van der Waals surface area contributed by atoms with Crippen molar-refractivity contribution in [1.82, 2.24) is 0 Å². The molecule has 0 aromatic rings. The van der Waals surface area contributed by atoms with E-state index in [0.717, 1.165) is 6.92 Å². The molecule has 0 bridgehead atoms. The van der Waals surface area contributed by atoms with E-state index in [1.807, 2.05) is 0 Å². The molecule has 0 aliphatic heterocycles. The third-order valence-corrected chi connectivity index (χ3v) is 2.26. The van der Waals surface area contributed by atoms with Crippen LogP contribution in [0.5, 0.6) is 0 Å². The van der Waals surface area contributed by atoms with E-state index in [2.05, 4.69) is 9.05 Å². The Balaban J connectivity index is 4.74. The summed E-state index contributed by atoms with van der Waals surface area (Å²) in [6.07, 6.45) is -4.24. The average molecular weight is 281 g/mol. The lowest BCUT2D eigenvalue weighted by Crippen LogP contribution is -2.34. The van der Waals surface area contributed by atoms with E-state index in [1.54, 1.807) is 0 Å². The fourth-order valence-electron chi connectivity index (χ4n) is 0.705. The van der Waals surface area contributed by atoms with Gasteiger partial charge < -0.3 is 19.6 Å². The molecular weight excluding hydrogens is 272 g/mol. The van der Waals surface area contributed by atoms with Gasteiger partial charge in [-0.25, -0.2) is 13.7 Å². The van der Waals surface area contributed by atoms with Gasteiger partial charge in [-0.15, -0.1) is 0 Å². The van der Waals surface area contributed by atoms with E-state index in [1.165, 1.54) is 0 Å². The summed E-state index contributed by atoms with van der Waals surface area (Å²) in [6.45, 7) is 0.822. The fraction of sp³-hybridized carbons (Fsp3) is 1.00. The van der Waals surface area contributed by atoms with Gasteiger partial charge in [-0.1, -0.05) is 0 Å². The molecule has 0 amide bonds. The van der Waals surface area contributed by atoms with Crippen molar-refractivity contribution in [3.05, 3.63) is 10.1 Å². The van der Waals surface area contributed by atoms with Crippen molar-refractivity contribution in [1.29, 1.82) is 0 Å². The summed E-state index contributed by atoms with van der Waals surface area (Å²) in [4.78, 5) is 42.3. The van der Waals surface area contributed by atoms with Gasteiger partial charge in [-0.2, -0.15) is 0 Å². The number of phosphoric acid groups is 2. The number of nitrogens with zero attached hydrogens (tertiary/aromatic N) is 1. The molecule has 13 heteroatoms. The Morgan fingerprint density at radius 3 is 1.75 bits per heavy atom. The lowest BCUT2D eigenvalue weighted by Gasteiger charge is -2.17. The maximum absolute atomic E-state index is 10.3. The molecule has 0 saturated carbocycles. The normalized spacial score (nSPS) is 16.8. The minimum Gasteiger partial charge on any atom is -0.303 e. The highest BCUT2D eigenvalue weighted by Crippen LogP contribution is 2.42. The Hall–Kier alpha value is -0.380. The van der Waals surface area contributed by atoms with E-state index in [0.29, 0.717) is 0 Å². The van der Waals surface area contributed by atoms with Crippen LogP contribution in [0, 0.1) is 10.1 Å². The number of hydrogen-bond donors (Lipinski definition) is 4. The summed E-state index contributed by atoms with van der Waals surface area (Å²) in [5, 5.41) is 10.3. The van der Waals surface area contributed by atoms with Crippen molar-refractivity contribution < 1.29 is 42.7 Å². The molecule has 2 unspecified atom stereocenters. The molecule has 0 spiro atoms. The first-order valence-corrected chi connectivity index (χ1v) is 6.60. The zero-order chi connectivity index (χ0) is 13.1. The zero-order valence-corrected chi connectivity index (χ0v) is 9.52. The average Bonchev–Trinajstić information content (AvgIpc) is 1.94. The summed E-state index contributed by atoms with van der Waals surface area (Å²) in [5.74, 6) is 0. The summed E-state index contributed by atoms with van der Waals surface area (Å²) in [7, 11) is -10.2. The largest absolute Gasteiger partial charge is 0.475 e. The molecule has 0 rings (SSSR count). The third kappa shape index (κ3) is 6.99. The fourth-order valence-corrected chi connectivity index (χ4v) is 1.77. The minimum atomic E-state index is -5.17. The van der Waals surface area contributed by atoms with Crippen molar-refractivity contribution in [2.24, 2.45) is 0 Å². The van der Waals surface area contributed by atoms with Gasteiger partial charge >= 0.3 is 21.9 Å². The van der Waals surface area contributed by atoms with Gasteiger partial charge in [0, 0.05) is 0 Å². The van der Waals surface area contributed by atoms with Gasteiger partial charge in [0.1, 0.15) is 0 Å². The van der Waals surface area contributed by atoms with Gasteiger partial charge in [-0.05, 0) is 6.92 Å². The minimum absolute atomic E-state index is 0.822. The Morgan fingerprint density at radius 1 is 1.12 bits per heavy atom. The third-order valence-electron chi connectivity index (χ3n) is 1.16. The maximum Gasteiger partial charge on any atom is 0.475 e. The molecule has 0 radical (unpaired) electrons. The molecule has 0 aliphatic carbocycles. The second-order valence-electron chi connectivity index (χ2n) is 2.57. The van der Waals surface area contributed by atoms with Crippen molar-refractivity contribution in [2.75, 3.05) is 0 Å². The van der Waals surface area contributed by atoms with Crippen molar-refractivity contribution in [3.63, 3.8) is 0 Å². The van der Waals surface area contributed by atoms with E-state index >= 15 is 0 Å². The van der Waals surface area contributed by atoms with Crippen molar-refractivity contribution >= 4 is 15.6 Å². The predicted molar refractivity (Wildman–Crippen MR) is 46.5 cm³/mol. The summed E-state index contributed by atoms with van der Waals surface area (Å²) in [6, 6.07) is 0. The standard InChI is InChI=1S/C3H9NO10P2/c1-2(13-15(7,8)9)3(4(5)6)14-16(10,11)12/h2-3H,1H3,(H2,7,8,9)(H2,10,11,12). The van der Waals surface area contributed by atoms with Crippen LogP contribution in [0.1, 0.15) is 6.92 Å². The number of phosphoric ester groups is 2. The molecule has 11 nitrogen and oxygen atoms in total. The van der Waals surface area contributed by atoms with Gasteiger partial charge in [0.25, 0.3) is 0 Å². The van der Waals surface area contributed by atoms with Crippen LogP contribution in [0.25, 0.3) is 0 Å². The molecule has 0 aromatic heterocycles.